The number of anilines is 1. The van der Waals surface area contributed by atoms with Crippen molar-refractivity contribution >= 4 is 28.8 Å². The van der Waals surface area contributed by atoms with Crippen LogP contribution < -0.4 is 15.0 Å². The highest BCUT2D eigenvalue weighted by molar-refractivity contribution is 6.29. The molecule has 9 heteroatoms. The van der Waals surface area contributed by atoms with Gasteiger partial charge in [0, 0.05) is 30.1 Å². The first-order chi connectivity index (χ1) is 14.7. The van der Waals surface area contributed by atoms with Gasteiger partial charge in [0.2, 0.25) is 0 Å². The number of alkyl halides is 1. The Kier molecular flexibility index (Phi) is 3.92. The van der Waals surface area contributed by atoms with Crippen LogP contribution in [0.2, 0.25) is 5.15 Å². The normalized spacial score (nSPS) is 20.2. The molecule has 2 atom stereocenters. The van der Waals surface area contributed by atoms with E-state index in [1.54, 1.807) is 31.4 Å². The fourth-order valence-electron chi connectivity index (χ4n) is 2.83. The first-order valence-electron chi connectivity index (χ1n) is 10.1. The van der Waals surface area contributed by atoms with Gasteiger partial charge in [-0.25, -0.2) is 13.9 Å². The van der Waals surface area contributed by atoms with Crippen molar-refractivity contribution in [2.75, 3.05) is 19.0 Å². The van der Waals surface area contributed by atoms with E-state index in [1.165, 1.54) is 16.8 Å². The van der Waals surface area contributed by atoms with Crippen LogP contribution in [0.25, 0.3) is 5.65 Å². The van der Waals surface area contributed by atoms with Crippen molar-refractivity contribution in [2.45, 2.75) is 25.2 Å². The Morgan fingerprint density at radius 2 is 2.25 bits per heavy atom. The molecule has 1 aliphatic carbocycles. The molecule has 0 saturated heterocycles. The summed E-state index contributed by atoms with van der Waals surface area (Å²) in [6, 6.07) is 7.83. The maximum atomic E-state index is 13.2. The number of carbonyl (C=O) groups is 1. The van der Waals surface area contributed by atoms with Crippen LogP contribution in [0, 0.1) is 0 Å². The minimum Gasteiger partial charge on any atom is -0.497 e. The van der Waals surface area contributed by atoms with Crippen molar-refractivity contribution < 1.29 is 18.0 Å². The highest BCUT2D eigenvalue weighted by Crippen LogP contribution is 2.27. The van der Waals surface area contributed by atoms with Gasteiger partial charge in [-0.05, 0) is 17.7 Å². The molecule has 0 radical (unpaired) electrons. The quantitative estimate of drug-likeness (QED) is 0.681. The van der Waals surface area contributed by atoms with Crippen LogP contribution in [0.15, 0.2) is 36.5 Å². The molecular weight excluding hydrogens is 385 g/mol. The molecule has 1 N–H and O–H groups in total. The van der Waals surface area contributed by atoms with Crippen molar-refractivity contribution in [2.24, 2.45) is 0 Å². The van der Waals surface area contributed by atoms with E-state index < -0.39 is 25.1 Å². The minimum absolute atomic E-state index is 0.0201. The number of nitrogens with zero attached hydrogens (tertiary/aromatic N) is 4. The van der Waals surface area contributed by atoms with Crippen LogP contribution in [-0.2, 0) is 6.54 Å². The van der Waals surface area contributed by atoms with Crippen molar-refractivity contribution in [3.8, 4) is 5.75 Å². The number of fused-ring (bicyclic) bond motifs is 1. The average molecular weight is 407 g/mol. The van der Waals surface area contributed by atoms with Crippen LogP contribution in [0.4, 0.5) is 10.1 Å². The van der Waals surface area contributed by atoms with Crippen LogP contribution in [-0.4, -0.2) is 46.8 Å². The van der Waals surface area contributed by atoms with E-state index in [4.69, 9.17) is 20.5 Å². The summed E-state index contributed by atoms with van der Waals surface area (Å²) in [5, 5.41) is 6.63. The lowest BCUT2D eigenvalue weighted by atomic mass is 10.2. The SMILES string of the molecule is [2H]C([2H])([2H])N(Cc1ccc(OC)cc1)c1cc(Cl)nn2c(C(=O)N[C@@H]3C[C@@H]3F)cnc12. The van der Waals surface area contributed by atoms with Gasteiger partial charge in [-0.15, -0.1) is 0 Å². The molecule has 4 rings (SSSR count). The monoisotopic (exact) mass is 406 g/mol. The number of hydrogen-bond acceptors (Lipinski definition) is 5. The fourth-order valence-corrected chi connectivity index (χ4v) is 3.01. The molecule has 28 heavy (non-hydrogen) atoms. The summed E-state index contributed by atoms with van der Waals surface area (Å²) >= 11 is 6.16. The van der Waals surface area contributed by atoms with Gasteiger partial charge in [-0.1, -0.05) is 23.7 Å². The third-order valence-electron chi connectivity index (χ3n) is 4.47. The van der Waals surface area contributed by atoms with Gasteiger partial charge in [0.05, 0.1) is 25.0 Å². The molecule has 1 fully saturated rings. The largest absolute Gasteiger partial charge is 0.497 e. The van der Waals surface area contributed by atoms with Crippen LogP contribution in [0.3, 0.4) is 0 Å². The zero-order valence-corrected chi connectivity index (χ0v) is 15.7. The Balaban J connectivity index is 1.73. The smallest absolute Gasteiger partial charge is 0.271 e. The van der Waals surface area contributed by atoms with Gasteiger partial charge in [0.25, 0.3) is 5.91 Å². The summed E-state index contributed by atoms with van der Waals surface area (Å²) in [5.74, 6) is 0.0857. The van der Waals surface area contributed by atoms with E-state index in [0.29, 0.717) is 5.75 Å². The molecule has 7 nitrogen and oxygen atoms in total. The number of imidazole rings is 1. The number of carbonyl (C=O) groups excluding carboxylic acids is 1. The van der Waals surface area contributed by atoms with Crippen molar-refractivity contribution in [3.05, 3.63) is 52.9 Å². The van der Waals surface area contributed by atoms with Crippen LogP contribution in [0.5, 0.6) is 5.75 Å². The molecule has 0 spiro atoms. The molecule has 146 valence electrons. The molecule has 0 aliphatic heterocycles. The first kappa shape index (κ1) is 15.1. The van der Waals surface area contributed by atoms with Gasteiger partial charge >= 0.3 is 0 Å². The summed E-state index contributed by atoms with van der Waals surface area (Å²) in [6.07, 6.45) is 0.459. The molecule has 1 saturated carbocycles. The van der Waals surface area contributed by atoms with Gasteiger partial charge in [-0.3, -0.25) is 4.79 Å². The number of aromatic nitrogens is 3. The van der Waals surface area contributed by atoms with E-state index in [0.717, 1.165) is 10.5 Å². The summed E-state index contributed by atoms with van der Waals surface area (Å²) < 4.78 is 43.6. The summed E-state index contributed by atoms with van der Waals surface area (Å²) in [5.41, 5.74) is 1.08. The molecule has 2 aromatic heterocycles. The van der Waals surface area contributed by atoms with E-state index in [9.17, 15) is 9.18 Å². The molecule has 1 aliphatic rings. The van der Waals surface area contributed by atoms with Crippen molar-refractivity contribution in [3.63, 3.8) is 0 Å². The number of hydrogen-bond donors (Lipinski definition) is 1. The Morgan fingerprint density at radius 1 is 1.50 bits per heavy atom. The highest BCUT2D eigenvalue weighted by Gasteiger charge is 2.39. The number of halogens is 2. The summed E-state index contributed by atoms with van der Waals surface area (Å²) in [4.78, 5) is 17.9. The predicted molar refractivity (Wildman–Crippen MR) is 104 cm³/mol. The third kappa shape index (κ3) is 3.60. The second-order valence-corrected chi connectivity index (χ2v) is 6.88. The topological polar surface area (TPSA) is 71.8 Å². The molecular formula is C19H19ClFN5O2. The maximum Gasteiger partial charge on any atom is 0.271 e. The number of nitrogens with one attached hydrogen (secondary N) is 1. The van der Waals surface area contributed by atoms with Gasteiger partial charge in [-0.2, -0.15) is 5.10 Å². The van der Waals surface area contributed by atoms with Crippen LogP contribution >= 0.6 is 11.6 Å². The van der Waals surface area contributed by atoms with Crippen molar-refractivity contribution in [1.29, 1.82) is 0 Å². The second-order valence-electron chi connectivity index (χ2n) is 6.50. The Morgan fingerprint density at radius 3 is 2.89 bits per heavy atom. The van der Waals surface area contributed by atoms with Gasteiger partial charge in [0.1, 0.15) is 11.9 Å². The van der Waals surface area contributed by atoms with Crippen LogP contribution in [0.1, 0.15) is 26.6 Å². The molecule has 3 aromatic rings. The molecule has 1 amide bonds. The zero-order chi connectivity index (χ0) is 22.3. The Labute approximate surface area is 170 Å². The lowest BCUT2D eigenvalue weighted by Gasteiger charge is -2.20. The van der Waals surface area contributed by atoms with E-state index in [2.05, 4.69) is 15.4 Å². The van der Waals surface area contributed by atoms with E-state index in [1.807, 2.05) is 0 Å². The second kappa shape index (κ2) is 7.27. The number of benzene rings is 1. The third-order valence-corrected chi connectivity index (χ3v) is 4.66. The number of amides is 1. The Bertz CT molecular complexity index is 1120. The lowest BCUT2D eigenvalue weighted by molar-refractivity contribution is 0.0940. The van der Waals surface area contributed by atoms with Gasteiger partial charge < -0.3 is 15.0 Å². The van der Waals surface area contributed by atoms with Gasteiger partial charge in [0.15, 0.2) is 16.5 Å². The highest BCUT2D eigenvalue weighted by atomic mass is 35.5. The molecule has 2 heterocycles. The standard InChI is InChI=1S/C19H19ClFN5O2/c1-25(10-11-3-5-12(28-2)6-4-11)15-8-17(20)24-26-16(9-22-18(15)26)19(27)23-14-7-13(14)21/h3-6,8-9,13-14H,7,10H2,1-2H3,(H,23,27)/t13-,14+/m0/s1/i1D3. The van der Waals surface area contributed by atoms with Crippen molar-refractivity contribution in [1.82, 2.24) is 19.9 Å². The number of ether oxygens (including phenoxy) is 1. The molecule has 0 bridgehead atoms. The lowest BCUT2D eigenvalue weighted by Crippen LogP contribution is -2.28. The molecule has 0 unspecified atom stereocenters. The average Bonchev–Trinajstić information content (AvgIpc) is 3.23. The zero-order valence-electron chi connectivity index (χ0n) is 17.9. The maximum absolute atomic E-state index is 13.2. The van der Waals surface area contributed by atoms with E-state index >= 15 is 0 Å². The number of rotatable bonds is 6. The Hall–Kier alpha value is -2.87. The fraction of sp³-hybridized carbons (Fsp3) is 0.316. The molecule has 1 aromatic carbocycles. The van der Waals surface area contributed by atoms with E-state index in [-0.39, 0.29) is 35.1 Å². The minimum atomic E-state index is -2.53. The summed E-state index contributed by atoms with van der Waals surface area (Å²) in [6.45, 7) is -2.51. The number of methoxy groups -OCH3 is 1. The predicted octanol–water partition coefficient (Wildman–Crippen LogP) is 2.87. The first-order valence-corrected chi connectivity index (χ1v) is 8.95. The summed E-state index contributed by atoms with van der Waals surface area (Å²) in [7, 11) is 1.54.